The van der Waals surface area contributed by atoms with Crippen LogP contribution in [0.5, 0.6) is 0 Å². The van der Waals surface area contributed by atoms with E-state index in [0.717, 1.165) is 0 Å². The maximum atomic E-state index is 11.4. The van der Waals surface area contributed by atoms with E-state index in [2.05, 4.69) is 20.3 Å². The molecule has 0 aliphatic heterocycles. The third kappa shape index (κ3) is 1.79. The minimum absolute atomic E-state index is 0.0445. The molecule has 2 aromatic heterocycles. The minimum atomic E-state index is -0.953. The molecule has 0 amide bonds. The largest absolute Gasteiger partial charge is 0.394 e. The molecule has 0 saturated carbocycles. The standard InChI is InChI=1S/C8H11N5O3/c1-4-9-7-6(8(16)10-4)11-12-13(7)2-5(15)3-14/h5,14-15H,2-3H2,1H3,(H,9,10,16)/t5-/m0/s1. The maximum Gasteiger partial charge on any atom is 0.281 e. The normalized spacial score (nSPS) is 13.2. The van der Waals surface area contributed by atoms with Crippen LogP contribution in [0, 0.1) is 6.92 Å². The Morgan fingerprint density at radius 3 is 3.00 bits per heavy atom. The lowest BCUT2D eigenvalue weighted by atomic mass is 10.4. The van der Waals surface area contributed by atoms with E-state index in [9.17, 15) is 9.90 Å². The van der Waals surface area contributed by atoms with Crippen LogP contribution < -0.4 is 5.56 Å². The molecule has 0 aliphatic rings. The highest BCUT2D eigenvalue weighted by Gasteiger charge is 2.13. The van der Waals surface area contributed by atoms with Gasteiger partial charge in [0.1, 0.15) is 5.82 Å². The van der Waals surface area contributed by atoms with Crippen molar-refractivity contribution < 1.29 is 10.2 Å². The molecule has 8 nitrogen and oxygen atoms in total. The smallest absolute Gasteiger partial charge is 0.281 e. The summed E-state index contributed by atoms with van der Waals surface area (Å²) in [6.07, 6.45) is -0.953. The van der Waals surface area contributed by atoms with E-state index < -0.39 is 6.10 Å². The first-order valence-electron chi connectivity index (χ1n) is 4.71. The van der Waals surface area contributed by atoms with Crippen molar-refractivity contribution in [2.45, 2.75) is 19.6 Å². The summed E-state index contributed by atoms with van der Waals surface area (Å²) in [7, 11) is 0. The van der Waals surface area contributed by atoms with Gasteiger partial charge in [-0.25, -0.2) is 9.67 Å². The number of aliphatic hydroxyl groups excluding tert-OH is 2. The lowest BCUT2D eigenvalue weighted by Gasteiger charge is -2.06. The monoisotopic (exact) mass is 225 g/mol. The summed E-state index contributed by atoms with van der Waals surface area (Å²) in [5.74, 6) is 0.444. The van der Waals surface area contributed by atoms with Gasteiger partial charge in [0, 0.05) is 0 Å². The van der Waals surface area contributed by atoms with Crippen molar-refractivity contribution >= 4 is 11.2 Å². The average molecular weight is 225 g/mol. The van der Waals surface area contributed by atoms with Crippen molar-refractivity contribution in [1.29, 1.82) is 0 Å². The van der Waals surface area contributed by atoms with Gasteiger partial charge in [-0.1, -0.05) is 5.21 Å². The summed E-state index contributed by atoms with van der Waals surface area (Å²) in [5.41, 5.74) is 0.0525. The summed E-state index contributed by atoms with van der Waals surface area (Å²) < 4.78 is 1.29. The summed E-state index contributed by atoms with van der Waals surface area (Å²) in [5, 5.41) is 25.3. The number of rotatable bonds is 3. The Morgan fingerprint density at radius 1 is 1.56 bits per heavy atom. The predicted molar refractivity (Wildman–Crippen MR) is 53.8 cm³/mol. The number of nitrogens with zero attached hydrogens (tertiary/aromatic N) is 4. The van der Waals surface area contributed by atoms with Crippen molar-refractivity contribution in [3.8, 4) is 0 Å². The number of aliphatic hydroxyl groups is 2. The molecule has 86 valence electrons. The Bertz CT molecular complexity index is 560. The third-order valence-corrected chi connectivity index (χ3v) is 2.09. The molecule has 8 heteroatoms. The zero-order valence-electron chi connectivity index (χ0n) is 8.58. The molecule has 0 radical (unpaired) electrons. The molecule has 0 fully saturated rings. The van der Waals surface area contributed by atoms with E-state index in [1.807, 2.05) is 0 Å². The van der Waals surface area contributed by atoms with Gasteiger partial charge in [0.15, 0.2) is 11.2 Å². The number of fused-ring (bicyclic) bond motifs is 1. The molecule has 0 aromatic carbocycles. The third-order valence-electron chi connectivity index (χ3n) is 2.09. The van der Waals surface area contributed by atoms with Crippen LogP contribution in [0.4, 0.5) is 0 Å². The van der Waals surface area contributed by atoms with Crippen LogP contribution in [0.3, 0.4) is 0 Å². The highest BCUT2D eigenvalue weighted by atomic mass is 16.3. The Morgan fingerprint density at radius 2 is 2.31 bits per heavy atom. The van der Waals surface area contributed by atoms with E-state index in [1.165, 1.54) is 4.68 Å². The maximum absolute atomic E-state index is 11.4. The van der Waals surface area contributed by atoms with Gasteiger partial charge in [-0.3, -0.25) is 4.79 Å². The molecule has 2 heterocycles. The van der Waals surface area contributed by atoms with Crippen LogP contribution in [-0.2, 0) is 6.54 Å². The Balaban J connectivity index is 2.51. The van der Waals surface area contributed by atoms with Gasteiger partial charge >= 0.3 is 0 Å². The topological polar surface area (TPSA) is 117 Å². The van der Waals surface area contributed by atoms with E-state index in [0.29, 0.717) is 11.5 Å². The van der Waals surface area contributed by atoms with Crippen LogP contribution in [-0.4, -0.2) is 47.9 Å². The number of aryl methyl sites for hydroxylation is 1. The molecule has 0 bridgehead atoms. The molecule has 2 aromatic rings. The second kappa shape index (κ2) is 3.99. The van der Waals surface area contributed by atoms with E-state index in [4.69, 9.17) is 5.11 Å². The van der Waals surface area contributed by atoms with Crippen LogP contribution in [0.2, 0.25) is 0 Å². The molecule has 0 spiro atoms. The Kier molecular flexibility index (Phi) is 2.67. The number of hydrogen-bond acceptors (Lipinski definition) is 6. The van der Waals surface area contributed by atoms with Crippen LogP contribution in [0.25, 0.3) is 11.2 Å². The number of H-pyrrole nitrogens is 1. The molecule has 0 unspecified atom stereocenters. The fourth-order valence-electron chi connectivity index (χ4n) is 1.36. The van der Waals surface area contributed by atoms with Gasteiger partial charge in [0.25, 0.3) is 5.56 Å². The lowest BCUT2D eigenvalue weighted by molar-refractivity contribution is 0.0787. The molecule has 1 atom stereocenters. The predicted octanol–water partition coefficient (Wildman–Crippen LogP) is -1.82. The lowest BCUT2D eigenvalue weighted by Crippen LogP contribution is -2.21. The minimum Gasteiger partial charge on any atom is -0.394 e. The first kappa shape index (κ1) is 10.7. The van der Waals surface area contributed by atoms with Gasteiger partial charge < -0.3 is 15.2 Å². The summed E-state index contributed by atoms with van der Waals surface area (Å²) >= 11 is 0. The Labute approximate surface area is 89.6 Å². The fraction of sp³-hybridized carbons (Fsp3) is 0.500. The first-order chi connectivity index (χ1) is 7.61. The number of nitrogens with one attached hydrogen (secondary N) is 1. The van der Waals surface area contributed by atoms with E-state index >= 15 is 0 Å². The SMILES string of the molecule is Cc1nc2c(nnn2C[C@H](O)CO)c(=O)[nH]1. The Hall–Kier alpha value is -1.80. The van der Waals surface area contributed by atoms with Crippen LogP contribution in [0.1, 0.15) is 5.82 Å². The second-order valence-corrected chi connectivity index (χ2v) is 3.43. The highest BCUT2D eigenvalue weighted by molar-refractivity contribution is 5.67. The van der Waals surface area contributed by atoms with Gasteiger partial charge in [-0.05, 0) is 6.92 Å². The summed E-state index contributed by atoms with van der Waals surface area (Å²) in [6.45, 7) is 1.30. The van der Waals surface area contributed by atoms with Crippen molar-refractivity contribution in [3.05, 3.63) is 16.2 Å². The highest BCUT2D eigenvalue weighted by Crippen LogP contribution is 2.03. The molecule has 3 N–H and O–H groups in total. The number of aromatic amines is 1. The number of aromatic nitrogens is 5. The van der Waals surface area contributed by atoms with Crippen molar-refractivity contribution in [3.63, 3.8) is 0 Å². The van der Waals surface area contributed by atoms with Gasteiger partial charge in [-0.15, -0.1) is 5.10 Å². The fourth-order valence-corrected chi connectivity index (χ4v) is 1.36. The van der Waals surface area contributed by atoms with Crippen molar-refractivity contribution in [1.82, 2.24) is 25.0 Å². The van der Waals surface area contributed by atoms with Crippen LogP contribution >= 0.6 is 0 Å². The summed E-state index contributed by atoms with van der Waals surface area (Å²) in [6, 6.07) is 0. The van der Waals surface area contributed by atoms with Gasteiger partial charge in [-0.2, -0.15) is 0 Å². The molecule has 16 heavy (non-hydrogen) atoms. The van der Waals surface area contributed by atoms with E-state index in [-0.39, 0.29) is 24.2 Å². The van der Waals surface area contributed by atoms with Gasteiger partial charge in [0.2, 0.25) is 0 Å². The zero-order chi connectivity index (χ0) is 11.7. The van der Waals surface area contributed by atoms with E-state index in [1.54, 1.807) is 6.92 Å². The molecular formula is C8H11N5O3. The van der Waals surface area contributed by atoms with Crippen molar-refractivity contribution in [2.75, 3.05) is 6.61 Å². The average Bonchev–Trinajstić information content (AvgIpc) is 2.61. The number of hydrogen-bond donors (Lipinski definition) is 3. The second-order valence-electron chi connectivity index (χ2n) is 3.43. The molecular weight excluding hydrogens is 214 g/mol. The summed E-state index contributed by atoms with van der Waals surface area (Å²) in [4.78, 5) is 18.0. The van der Waals surface area contributed by atoms with Crippen LogP contribution in [0.15, 0.2) is 4.79 Å². The molecule has 0 saturated heterocycles. The quantitative estimate of drug-likeness (QED) is 0.566. The van der Waals surface area contributed by atoms with Gasteiger partial charge in [0.05, 0.1) is 19.3 Å². The molecule has 2 rings (SSSR count). The first-order valence-corrected chi connectivity index (χ1v) is 4.71. The zero-order valence-corrected chi connectivity index (χ0v) is 8.58. The van der Waals surface area contributed by atoms with Crippen molar-refractivity contribution in [2.24, 2.45) is 0 Å². The molecule has 0 aliphatic carbocycles.